The van der Waals surface area contributed by atoms with E-state index in [0.29, 0.717) is 22.9 Å². The van der Waals surface area contributed by atoms with E-state index in [4.69, 9.17) is 16.3 Å². The van der Waals surface area contributed by atoms with Crippen LogP contribution in [0.2, 0.25) is 5.02 Å². The van der Waals surface area contributed by atoms with Crippen molar-refractivity contribution in [3.8, 4) is 5.75 Å². The standard InChI is InChI=1S/C19H17ClF3NO/c1-3-8-18(15-10-13(20)5-7-17(15)25-2)11-24-16-9-12(19(21,22)23)4-6-14(16)18/h4-7,9-11H,3,8H2,1-2H3. The minimum atomic E-state index is -4.39. The molecule has 1 aliphatic rings. The summed E-state index contributed by atoms with van der Waals surface area (Å²) in [5.74, 6) is 0.636. The van der Waals surface area contributed by atoms with Gasteiger partial charge in [-0.25, -0.2) is 0 Å². The Morgan fingerprint density at radius 2 is 1.88 bits per heavy atom. The van der Waals surface area contributed by atoms with Gasteiger partial charge in [-0.1, -0.05) is 31.0 Å². The monoisotopic (exact) mass is 367 g/mol. The molecule has 2 aromatic carbocycles. The Bertz CT molecular complexity index is 832. The number of hydrogen-bond acceptors (Lipinski definition) is 2. The second-order valence-corrected chi connectivity index (χ2v) is 6.49. The van der Waals surface area contributed by atoms with E-state index in [1.165, 1.54) is 6.07 Å². The molecule has 25 heavy (non-hydrogen) atoms. The summed E-state index contributed by atoms with van der Waals surface area (Å²) in [7, 11) is 1.56. The molecular formula is C19H17ClF3NO. The van der Waals surface area contributed by atoms with Gasteiger partial charge in [0, 0.05) is 16.8 Å². The molecular weight excluding hydrogens is 351 g/mol. The Kier molecular flexibility index (Phi) is 4.54. The Morgan fingerprint density at radius 3 is 2.52 bits per heavy atom. The van der Waals surface area contributed by atoms with Crippen molar-refractivity contribution in [3.63, 3.8) is 0 Å². The maximum Gasteiger partial charge on any atom is 0.416 e. The van der Waals surface area contributed by atoms with Crippen LogP contribution in [0.15, 0.2) is 41.4 Å². The summed E-state index contributed by atoms with van der Waals surface area (Å²) in [5.41, 5.74) is 0.540. The molecule has 2 aromatic rings. The van der Waals surface area contributed by atoms with Crippen molar-refractivity contribution < 1.29 is 17.9 Å². The smallest absolute Gasteiger partial charge is 0.416 e. The maximum absolute atomic E-state index is 13.0. The summed E-state index contributed by atoms with van der Waals surface area (Å²) in [6.45, 7) is 2.02. The number of nitrogens with zero attached hydrogens (tertiary/aromatic N) is 1. The van der Waals surface area contributed by atoms with E-state index in [9.17, 15) is 13.2 Å². The van der Waals surface area contributed by atoms with Gasteiger partial charge in [-0.05, 0) is 42.3 Å². The van der Waals surface area contributed by atoms with Crippen molar-refractivity contribution in [2.75, 3.05) is 7.11 Å². The van der Waals surface area contributed by atoms with Gasteiger partial charge in [-0.3, -0.25) is 4.99 Å². The first-order valence-corrected chi connectivity index (χ1v) is 8.30. The third-order valence-electron chi connectivity index (χ3n) is 4.52. The normalized spacial score (nSPS) is 19.1. The summed E-state index contributed by atoms with van der Waals surface area (Å²) in [6, 6.07) is 9.01. The summed E-state index contributed by atoms with van der Waals surface area (Å²) >= 11 is 6.18. The van der Waals surface area contributed by atoms with Crippen molar-refractivity contribution >= 4 is 23.5 Å². The minimum Gasteiger partial charge on any atom is -0.496 e. The highest BCUT2D eigenvalue weighted by Crippen LogP contribution is 2.49. The molecule has 1 unspecified atom stereocenters. The lowest BCUT2D eigenvalue weighted by Gasteiger charge is -2.30. The quantitative estimate of drug-likeness (QED) is 0.633. The van der Waals surface area contributed by atoms with Crippen molar-refractivity contribution in [2.45, 2.75) is 31.4 Å². The molecule has 2 nitrogen and oxygen atoms in total. The zero-order valence-electron chi connectivity index (χ0n) is 13.8. The molecule has 3 rings (SSSR count). The highest BCUT2D eigenvalue weighted by Gasteiger charge is 2.41. The molecule has 1 aliphatic heterocycles. The number of alkyl halides is 3. The van der Waals surface area contributed by atoms with Crippen LogP contribution >= 0.6 is 11.6 Å². The second kappa shape index (κ2) is 6.37. The summed E-state index contributed by atoms with van der Waals surface area (Å²) in [4.78, 5) is 4.30. The van der Waals surface area contributed by atoms with Crippen molar-refractivity contribution in [1.29, 1.82) is 0 Å². The van der Waals surface area contributed by atoms with Gasteiger partial charge in [0.2, 0.25) is 0 Å². The first kappa shape index (κ1) is 17.8. The van der Waals surface area contributed by atoms with Crippen LogP contribution in [0.25, 0.3) is 0 Å². The largest absolute Gasteiger partial charge is 0.496 e. The zero-order valence-corrected chi connectivity index (χ0v) is 14.6. The first-order valence-electron chi connectivity index (χ1n) is 7.93. The summed E-state index contributed by atoms with van der Waals surface area (Å²) in [5, 5.41) is 0.542. The van der Waals surface area contributed by atoms with Crippen LogP contribution in [0, 0.1) is 0 Å². The number of rotatable bonds is 4. The number of ether oxygens (including phenoxy) is 1. The van der Waals surface area contributed by atoms with Crippen LogP contribution in [0.1, 0.15) is 36.5 Å². The SMILES string of the molecule is CCCC1(c2cc(Cl)ccc2OC)C=Nc2cc(C(F)(F)F)ccc21. The molecule has 132 valence electrons. The number of aliphatic imine (C=N–C) groups is 1. The van der Waals surface area contributed by atoms with Gasteiger partial charge >= 0.3 is 6.18 Å². The van der Waals surface area contributed by atoms with Crippen LogP contribution in [0.3, 0.4) is 0 Å². The molecule has 0 aliphatic carbocycles. The molecule has 0 amide bonds. The van der Waals surface area contributed by atoms with Gasteiger partial charge in [-0.15, -0.1) is 0 Å². The molecule has 0 aromatic heterocycles. The molecule has 6 heteroatoms. The topological polar surface area (TPSA) is 21.6 Å². The average molecular weight is 368 g/mol. The van der Waals surface area contributed by atoms with Crippen LogP contribution in [-0.2, 0) is 11.6 Å². The molecule has 0 saturated heterocycles. The molecule has 1 atom stereocenters. The Balaban J connectivity index is 2.21. The third-order valence-corrected chi connectivity index (χ3v) is 4.75. The van der Waals surface area contributed by atoms with E-state index in [2.05, 4.69) is 4.99 Å². The number of methoxy groups -OCH3 is 1. The Labute approximate surface area is 149 Å². The van der Waals surface area contributed by atoms with Gasteiger partial charge in [0.05, 0.1) is 23.8 Å². The Hall–Kier alpha value is -2.01. The van der Waals surface area contributed by atoms with Crippen LogP contribution in [-0.4, -0.2) is 13.3 Å². The van der Waals surface area contributed by atoms with E-state index in [0.717, 1.165) is 29.7 Å². The fraction of sp³-hybridized carbons (Fsp3) is 0.316. The average Bonchev–Trinajstić information content (AvgIpc) is 2.93. The maximum atomic E-state index is 13.0. The lowest BCUT2D eigenvalue weighted by atomic mass is 9.72. The van der Waals surface area contributed by atoms with Gasteiger partial charge < -0.3 is 4.74 Å². The molecule has 0 bridgehead atoms. The summed E-state index contributed by atoms with van der Waals surface area (Å²) in [6.07, 6.45) is -1.17. The van der Waals surface area contributed by atoms with Gasteiger partial charge in [0.15, 0.2) is 0 Å². The molecule has 0 saturated carbocycles. The molecule has 0 fully saturated rings. The predicted octanol–water partition coefficient (Wildman–Crippen LogP) is 6.17. The van der Waals surface area contributed by atoms with E-state index in [1.54, 1.807) is 31.5 Å². The lowest BCUT2D eigenvalue weighted by molar-refractivity contribution is -0.137. The first-order chi connectivity index (χ1) is 11.8. The second-order valence-electron chi connectivity index (χ2n) is 6.05. The molecule has 0 N–H and O–H groups in total. The van der Waals surface area contributed by atoms with Crippen molar-refractivity contribution in [2.24, 2.45) is 4.99 Å². The molecule has 1 heterocycles. The molecule has 0 radical (unpaired) electrons. The Morgan fingerprint density at radius 1 is 1.12 bits per heavy atom. The van der Waals surface area contributed by atoms with Gasteiger partial charge in [0.25, 0.3) is 0 Å². The highest BCUT2D eigenvalue weighted by atomic mass is 35.5. The molecule has 0 spiro atoms. The van der Waals surface area contributed by atoms with E-state index in [-0.39, 0.29) is 0 Å². The van der Waals surface area contributed by atoms with Crippen LogP contribution in [0.4, 0.5) is 18.9 Å². The number of benzene rings is 2. The van der Waals surface area contributed by atoms with Crippen LogP contribution in [0.5, 0.6) is 5.75 Å². The fourth-order valence-electron chi connectivity index (χ4n) is 3.41. The van der Waals surface area contributed by atoms with E-state index >= 15 is 0 Å². The van der Waals surface area contributed by atoms with Gasteiger partial charge in [0.1, 0.15) is 5.75 Å². The number of hydrogen-bond donors (Lipinski definition) is 0. The fourth-order valence-corrected chi connectivity index (χ4v) is 3.59. The number of halogens is 4. The number of fused-ring (bicyclic) bond motifs is 1. The van der Waals surface area contributed by atoms with E-state index < -0.39 is 17.2 Å². The minimum absolute atomic E-state index is 0.338. The lowest BCUT2D eigenvalue weighted by Crippen LogP contribution is -2.28. The van der Waals surface area contributed by atoms with E-state index in [1.807, 2.05) is 6.92 Å². The van der Waals surface area contributed by atoms with Gasteiger partial charge in [-0.2, -0.15) is 13.2 Å². The predicted molar refractivity (Wildman–Crippen MR) is 93.3 cm³/mol. The van der Waals surface area contributed by atoms with Crippen molar-refractivity contribution in [1.82, 2.24) is 0 Å². The third kappa shape index (κ3) is 3.01. The van der Waals surface area contributed by atoms with Crippen LogP contribution < -0.4 is 4.74 Å². The van der Waals surface area contributed by atoms with Crippen molar-refractivity contribution in [3.05, 3.63) is 58.1 Å². The summed E-state index contributed by atoms with van der Waals surface area (Å²) < 4.78 is 44.5. The zero-order chi connectivity index (χ0) is 18.2. The highest BCUT2D eigenvalue weighted by molar-refractivity contribution is 6.30.